The topological polar surface area (TPSA) is 107 Å². The molecule has 0 radical (unpaired) electrons. The van der Waals surface area contributed by atoms with Gasteiger partial charge in [0.1, 0.15) is 6.54 Å². The second kappa shape index (κ2) is 6.17. The van der Waals surface area contributed by atoms with E-state index in [4.69, 9.17) is 16.0 Å². The Labute approximate surface area is 139 Å². The van der Waals surface area contributed by atoms with E-state index in [0.29, 0.717) is 16.2 Å². The van der Waals surface area contributed by atoms with Crippen LogP contribution in [0.25, 0.3) is 11.1 Å². The first-order chi connectivity index (χ1) is 11.4. The van der Waals surface area contributed by atoms with Gasteiger partial charge in [0, 0.05) is 16.8 Å². The molecule has 3 aromatic rings. The van der Waals surface area contributed by atoms with E-state index >= 15 is 0 Å². The van der Waals surface area contributed by atoms with Crippen LogP contribution >= 0.6 is 11.6 Å². The van der Waals surface area contributed by atoms with Crippen molar-refractivity contribution in [2.24, 2.45) is 0 Å². The summed E-state index contributed by atoms with van der Waals surface area (Å²) in [5.74, 6) is -1.21. The van der Waals surface area contributed by atoms with Gasteiger partial charge >= 0.3 is 5.76 Å². The molecule has 0 saturated carbocycles. The van der Waals surface area contributed by atoms with Crippen LogP contribution in [0.1, 0.15) is 0 Å². The fraction of sp³-hybridized carbons (Fsp3) is 0.0667. The van der Waals surface area contributed by atoms with Gasteiger partial charge in [0.05, 0.1) is 16.5 Å². The molecule has 122 valence electrons. The number of halogens is 1. The van der Waals surface area contributed by atoms with Gasteiger partial charge < -0.3 is 9.73 Å². The van der Waals surface area contributed by atoms with Crippen LogP contribution in [-0.4, -0.2) is 15.4 Å². The summed E-state index contributed by atoms with van der Waals surface area (Å²) in [6, 6.07) is 10.2. The van der Waals surface area contributed by atoms with Crippen LogP contribution in [0.2, 0.25) is 5.02 Å². The lowest BCUT2D eigenvalue weighted by molar-refractivity contribution is -0.384. The zero-order chi connectivity index (χ0) is 17.3. The summed E-state index contributed by atoms with van der Waals surface area (Å²) in [5, 5.41) is 13.9. The van der Waals surface area contributed by atoms with Gasteiger partial charge in [-0.15, -0.1) is 0 Å². The second-order valence-corrected chi connectivity index (χ2v) is 5.35. The van der Waals surface area contributed by atoms with Crippen molar-refractivity contribution in [3.63, 3.8) is 0 Å². The average molecular weight is 348 g/mol. The van der Waals surface area contributed by atoms with Crippen LogP contribution in [0.15, 0.2) is 51.7 Å². The summed E-state index contributed by atoms with van der Waals surface area (Å²) >= 11 is 5.77. The lowest BCUT2D eigenvalue weighted by atomic mass is 10.3. The lowest BCUT2D eigenvalue weighted by Gasteiger charge is -2.05. The number of aromatic nitrogens is 1. The van der Waals surface area contributed by atoms with Crippen molar-refractivity contribution in [2.45, 2.75) is 6.54 Å². The molecule has 0 fully saturated rings. The molecule has 3 rings (SSSR count). The fourth-order valence-electron chi connectivity index (χ4n) is 2.20. The first-order valence-corrected chi connectivity index (χ1v) is 7.15. The molecule has 24 heavy (non-hydrogen) atoms. The Morgan fingerprint density at radius 3 is 2.62 bits per heavy atom. The van der Waals surface area contributed by atoms with Crippen molar-refractivity contribution >= 4 is 40.0 Å². The number of nitrogens with zero attached hydrogens (tertiary/aromatic N) is 2. The van der Waals surface area contributed by atoms with Crippen molar-refractivity contribution in [2.75, 3.05) is 5.32 Å². The minimum Gasteiger partial charge on any atom is -0.407 e. The molecule has 8 nitrogen and oxygen atoms in total. The lowest BCUT2D eigenvalue weighted by Crippen LogP contribution is -2.24. The quantitative estimate of drug-likeness (QED) is 0.576. The predicted molar refractivity (Wildman–Crippen MR) is 87.2 cm³/mol. The number of oxazole rings is 1. The third kappa shape index (κ3) is 3.13. The van der Waals surface area contributed by atoms with Crippen LogP contribution in [0.5, 0.6) is 0 Å². The largest absolute Gasteiger partial charge is 0.420 e. The van der Waals surface area contributed by atoms with Gasteiger partial charge in [-0.3, -0.25) is 19.5 Å². The third-order valence-corrected chi connectivity index (χ3v) is 3.54. The highest BCUT2D eigenvalue weighted by atomic mass is 35.5. The molecule has 1 aromatic heterocycles. The number of amides is 1. The molecule has 0 atom stereocenters. The molecule has 1 amide bonds. The van der Waals surface area contributed by atoms with Crippen LogP contribution in [0, 0.1) is 10.1 Å². The number of anilines is 1. The second-order valence-electron chi connectivity index (χ2n) is 4.92. The van der Waals surface area contributed by atoms with E-state index in [-0.39, 0.29) is 17.8 Å². The first kappa shape index (κ1) is 15.8. The zero-order valence-electron chi connectivity index (χ0n) is 12.1. The Hall–Kier alpha value is -3.13. The van der Waals surface area contributed by atoms with E-state index in [0.717, 1.165) is 10.6 Å². The summed E-state index contributed by atoms with van der Waals surface area (Å²) < 4.78 is 6.06. The average Bonchev–Trinajstić information content (AvgIpc) is 2.84. The Bertz CT molecular complexity index is 991. The molecule has 0 spiro atoms. The van der Waals surface area contributed by atoms with Crippen molar-refractivity contribution in [3.8, 4) is 0 Å². The number of hydrogen-bond acceptors (Lipinski definition) is 5. The number of benzene rings is 2. The minimum atomic E-state index is -0.767. The number of carbonyl (C=O) groups is 1. The molecule has 0 unspecified atom stereocenters. The number of nitro groups is 1. The number of nitro benzene ring substituents is 1. The molecule has 1 N–H and O–H groups in total. The number of nitrogens with one attached hydrogen (secondary N) is 1. The molecular formula is C15H10ClN3O5. The fourth-order valence-corrected chi connectivity index (χ4v) is 2.32. The van der Waals surface area contributed by atoms with Crippen LogP contribution in [0.4, 0.5) is 11.4 Å². The van der Waals surface area contributed by atoms with Gasteiger partial charge in [-0.25, -0.2) is 4.79 Å². The van der Waals surface area contributed by atoms with Crippen molar-refractivity contribution in [3.05, 3.63) is 68.2 Å². The van der Waals surface area contributed by atoms with Gasteiger partial charge in [0.25, 0.3) is 5.69 Å². The highest BCUT2D eigenvalue weighted by molar-refractivity contribution is 6.30. The van der Waals surface area contributed by atoms with Gasteiger partial charge in [-0.2, -0.15) is 0 Å². The van der Waals surface area contributed by atoms with Crippen LogP contribution in [-0.2, 0) is 11.3 Å². The third-order valence-electron chi connectivity index (χ3n) is 3.29. The Balaban J connectivity index is 1.85. The zero-order valence-corrected chi connectivity index (χ0v) is 12.8. The standard InChI is InChI=1S/C15H10ClN3O5/c16-9-1-3-10(4-2-9)17-14(20)8-18-12-6-5-11(19(22)23)7-13(12)24-15(18)21/h1-7H,8H2,(H,17,20). The smallest absolute Gasteiger partial charge is 0.407 e. The summed E-state index contributed by atoms with van der Waals surface area (Å²) in [7, 11) is 0. The molecule has 9 heteroatoms. The monoisotopic (exact) mass is 347 g/mol. The summed E-state index contributed by atoms with van der Waals surface area (Å²) in [5.41, 5.74) is 0.681. The van der Waals surface area contributed by atoms with E-state index in [1.54, 1.807) is 24.3 Å². The van der Waals surface area contributed by atoms with Crippen molar-refractivity contribution in [1.82, 2.24) is 4.57 Å². The van der Waals surface area contributed by atoms with Crippen molar-refractivity contribution < 1.29 is 14.1 Å². The van der Waals surface area contributed by atoms with Crippen molar-refractivity contribution in [1.29, 1.82) is 0 Å². The van der Waals surface area contributed by atoms with Gasteiger partial charge in [0.15, 0.2) is 5.58 Å². The maximum absolute atomic E-state index is 12.1. The van der Waals surface area contributed by atoms with Crippen LogP contribution < -0.4 is 11.1 Å². The molecular weight excluding hydrogens is 338 g/mol. The summed E-state index contributed by atoms with van der Waals surface area (Å²) in [4.78, 5) is 34.1. The predicted octanol–water partition coefficient (Wildman–Crippen LogP) is 2.79. The van der Waals surface area contributed by atoms with Crippen LogP contribution in [0.3, 0.4) is 0 Å². The molecule has 0 saturated heterocycles. The molecule has 0 aliphatic rings. The highest BCUT2D eigenvalue weighted by Gasteiger charge is 2.16. The molecule has 2 aromatic carbocycles. The van der Waals surface area contributed by atoms with Gasteiger partial charge in [-0.1, -0.05) is 11.6 Å². The number of carbonyl (C=O) groups excluding carboxylic acids is 1. The number of fused-ring (bicyclic) bond motifs is 1. The SMILES string of the molecule is O=C(Cn1c(=O)oc2cc([N+](=O)[O-])ccc21)Nc1ccc(Cl)cc1. The minimum absolute atomic E-state index is 0.0495. The highest BCUT2D eigenvalue weighted by Crippen LogP contribution is 2.20. The van der Waals surface area contributed by atoms with E-state index in [1.807, 2.05) is 0 Å². The Kier molecular flexibility index (Phi) is 4.05. The number of non-ortho nitro benzene ring substituents is 1. The molecule has 0 bridgehead atoms. The first-order valence-electron chi connectivity index (χ1n) is 6.77. The van der Waals surface area contributed by atoms with E-state index in [2.05, 4.69) is 5.32 Å². The van der Waals surface area contributed by atoms with E-state index in [1.165, 1.54) is 12.1 Å². The summed E-state index contributed by atoms with van der Waals surface area (Å²) in [6.07, 6.45) is 0. The molecule has 0 aliphatic carbocycles. The Morgan fingerprint density at radius 1 is 1.25 bits per heavy atom. The van der Waals surface area contributed by atoms with Gasteiger partial charge in [-0.05, 0) is 30.3 Å². The number of hydrogen-bond donors (Lipinski definition) is 1. The molecule has 1 heterocycles. The van der Waals surface area contributed by atoms with E-state index in [9.17, 15) is 19.7 Å². The maximum atomic E-state index is 12.1. The maximum Gasteiger partial charge on any atom is 0.420 e. The Morgan fingerprint density at radius 2 is 1.96 bits per heavy atom. The summed E-state index contributed by atoms with van der Waals surface area (Å²) in [6.45, 7) is -0.285. The van der Waals surface area contributed by atoms with E-state index < -0.39 is 16.6 Å². The number of rotatable bonds is 4. The molecule has 0 aliphatic heterocycles. The van der Waals surface area contributed by atoms with Gasteiger partial charge in [0.2, 0.25) is 5.91 Å². The normalized spacial score (nSPS) is 10.7.